The Labute approximate surface area is 554 Å². The van der Waals surface area contributed by atoms with E-state index in [9.17, 15) is 67.3 Å². The van der Waals surface area contributed by atoms with Crippen LogP contribution in [0.4, 0.5) is 8.78 Å². The largest absolute Gasteiger partial charge is 0.494 e. The zero-order chi connectivity index (χ0) is 68.7. The van der Waals surface area contributed by atoms with Gasteiger partial charge in [0.1, 0.15) is 11.8 Å². The molecular formula is C66H96F2N14O13. The number of amides is 6. The Bertz CT molecular complexity index is 3060. The van der Waals surface area contributed by atoms with Crippen LogP contribution in [0.5, 0.6) is 5.75 Å². The van der Waals surface area contributed by atoms with Crippen molar-refractivity contribution in [3.63, 3.8) is 0 Å². The van der Waals surface area contributed by atoms with Gasteiger partial charge in [-0.3, -0.25) is 82.6 Å². The van der Waals surface area contributed by atoms with Crippen LogP contribution in [-0.4, -0.2) is 289 Å². The third-order valence-electron chi connectivity index (χ3n) is 16.9. The number of carboxylic acids is 3. The van der Waals surface area contributed by atoms with E-state index in [-0.39, 0.29) is 108 Å². The van der Waals surface area contributed by atoms with Crippen molar-refractivity contribution < 1.29 is 72.0 Å². The highest BCUT2D eigenvalue weighted by molar-refractivity contribution is 6.07. The minimum atomic E-state index is -3.05. The number of aromatic nitrogens is 1. The van der Waals surface area contributed by atoms with Crippen molar-refractivity contribution in [2.45, 2.75) is 109 Å². The van der Waals surface area contributed by atoms with E-state index in [1.807, 2.05) is 24.0 Å². The van der Waals surface area contributed by atoms with Gasteiger partial charge >= 0.3 is 17.9 Å². The third-order valence-corrected chi connectivity index (χ3v) is 16.9. The normalized spacial score (nSPS) is 17.8. The van der Waals surface area contributed by atoms with Crippen molar-refractivity contribution in [2.24, 2.45) is 9.98 Å². The Balaban J connectivity index is 0.932. The summed E-state index contributed by atoms with van der Waals surface area (Å²) in [5.74, 6) is -7.40. The first-order chi connectivity index (χ1) is 45.5. The molecular weight excluding hydrogens is 1230 g/mol. The number of amidine groups is 1. The van der Waals surface area contributed by atoms with Crippen LogP contribution < -0.4 is 26.0 Å². The molecule has 3 saturated heterocycles. The first-order valence-corrected chi connectivity index (χ1v) is 32.9. The highest BCUT2D eigenvalue weighted by Crippen LogP contribution is 2.31. The lowest BCUT2D eigenvalue weighted by Gasteiger charge is -2.34. The molecule has 0 bridgehead atoms. The molecule has 6 amide bonds. The third kappa shape index (κ3) is 28.0. The molecule has 522 valence electrons. The number of likely N-dealkylation sites (tertiary alicyclic amines) is 1. The van der Waals surface area contributed by atoms with Gasteiger partial charge in [0.2, 0.25) is 29.5 Å². The van der Waals surface area contributed by atoms with Gasteiger partial charge in [0.05, 0.1) is 68.8 Å². The summed E-state index contributed by atoms with van der Waals surface area (Å²) < 4.78 is 34.4. The number of carbonyl (C=O) groups is 9. The van der Waals surface area contributed by atoms with Crippen LogP contribution >= 0.6 is 0 Å². The Morgan fingerprint density at radius 1 is 0.695 bits per heavy atom. The van der Waals surface area contributed by atoms with Gasteiger partial charge < -0.3 is 51.1 Å². The molecule has 3 aromatic rings. The molecule has 29 heteroatoms. The molecule has 0 radical (unpaired) electrons. The maximum absolute atomic E-state index is 14.1. The smallest absolute Gasteiger partial charge is 0.317 e. The quantitative estimate of drug-likeness (QED) is 0.0257. The fourth-order valence-corrected chi connectivity index (χ4v) is 11.7. The molecule has 0 saturated carbocycles. The molecule has 3 aliphatic rings. The molecule has 1 aromatic heterocycles. The van der Waals surface area contributed by atoms with E-state index < -0.39 is 73.1 Å². The van der Waals surface area contributed by atoms with E-state index >= 15 is 0 Å². The lowest BCUT2D eigenvalue weighted by atomic mass is 10.1. The van der Waals surface area contributed by atoms with Gasteiger partial charge in [-0.2, -0.15) is 0 Å². The maximum atomic E-state index is 14.1. The SMILES string of the molecule is CN=C[C@H]1CC(F)(F)CN1C(=O)CNC(=O)c1ccnc2ccc(OCCCN3CCN(C(=O)CCCCCNC(=O)C(CCCCN=C(C)NC(=O)CCCc4ccc(C)cc4)NC(=O)CN4CCN(CC(=O)O)CCN(CC(=O)O)CCN(CC(=O)O)CC4)CC3)cc12. The molecule has 27 nitrogen and oxygen atoms in total. The molecule has 7 N–H and O–H groups in total. The van der Waals surface area contributed by atoms with Gasteiger partial charge in [-0.25, -0.2) is 8.78 Å². The summed E-state index contributed by atoms with van der Waals surface area (Å²) in [5.41, 5.74) is 3.11. The Kier molecular flexibility index (Phi) is 31.7. The highest BCUT2D eigenvalue weighted by atomic mass is 19.3. The average molecular weight is 1330 g/mol. The molecule has 6 rings (SSSR count). The number of ether oxygens (including phenoxy) is 1. The Morgan fingerprint density at radius 2 is 1.32 bits per heavy atom. The van der Waals surface area contributed by atoms with E-state index in [0.29, 0.717) is 126 Å². The summed E-state index contributed by atoms with van der Waals surface area (Å²) in [6.45, 7) is 7.48. The van der Waals surface area contributed by atoms with Gasteiger partial charge in [0.25, 0.3) is 11.8 Å². The Morgan fingerprint density at radius 3 is 1.94 bits per heavy atom. The van der Waals surface area contributed by atoms with E-state index in [4.69, 9.17) is 4.74 Å². The molecule has 95 heavy (non-hydrogen) atoms. The first-order valence-electron chi connectivity index (χ1n) is 32.9. The lowest BCUT2D eigenvalue weighted by Crippen LogP contribution is -2.52. The van der Waals surface area contributed by atoms with Gasteiger partial charge in [0.15, 0.2) is 0 Å². The summed E-state index contributed by atoms with van der Waals surface area (Å²) in [6, 6.07) is 13.1. The van der Waals surface area contributed by atoms with Gasteiger partial charge in [-0.05, 0) is 95.0 Å². The number of piperazine rings is 1. The fraction of sp³-hybridized carbons (Fsp3) is 0.606. The number of hydrogen-bond acceptors (Lipinski definition) is 18. The standard InChI is InChI=1S/C66H96F2N14O13/c1-48-15-17-50(18-16-48)11-9-13-57(83)74-49(2)70-22-8-6-12-56(75-58(84)43-77-26-28-78(44-61(87)88)30-32-80(46-63(91)92)33-31-79(29-27-77)45-62(89)90)65(94)72-23-7-4-5-14-59(85)81-36-34-76(35-37-81)25-10-38-95-52-19-20-55-54(39-52)53(21-24-71-55)64(93)73-42-60(86)82-47-66(67,68)40-51(82)41-69-3/h15-21,24,39,41,51,56H,4-14,22-23,25-38,40,42-47H2,1-3H3,(H,72,94)(H,73,93)(H,75,84)(H,87,88)(H,89,90)(H,91,92)(H,70,74,83)/t51-,56?/m1/s1. The second kappa shape index (κ2) is 39.7. The van der Waals surface area contributed by atoms with E-state index in [1.54, 1.807) is 44.7 Å². The summed E-state index contributed by atoms with van der Waals surface area (Å²) in [5, 5.41) is 40.7. The first kappa shape index (κ1) is 75.9. The van der Waals surface area contributed by atoms with Crippen LogP contribution in [0.3, 0.4) is 0 Å². The minimum Gasteiger partial charge on any atom is -0.494 e. The van der Waals surface area contributed by atoms with Crippen molar-refractivity contribution in [1.82, 2.24) is 60.6 Å². The van der Waals surface area contributed by atoms with Crippen molar-refractivity contribution >= 4 is 76.3 Å². The number of hydrogen-bond donors (Lipinski definition) is 7. The minimum absolute atomic E-state index is 0.0525. The number of carboxylic acid groups (broad SMARTS) is 3. The van der Waals surface area contributed by atoms with Crippen LogP contribution in [0, 0.1) is 6.92 Å². The van der Waals surface area contributed by atoms with E-state index in [0.717, 1.165) is 23.4 Å². The predicted molar refractivity (Wildman–Crippen MR) is 353 cm³/mol. The zero-order valence-corrected chi connectivity index (χ0v) is 55.1. The topological polar surface area (TPSA) is 332 Å². The number of aliphatic imine (C=N–C) groups is 2. The highest BCUT2D eigenvalue weighted by Gasteiger charge is 2.46. The summed E-state index contributed by atoms with van der Waals surface area (Å²) in [6.07, 6.45) is 8.28. The zero-order valence-electron chi connectivity index (χ0n) is 55.1. The van der Waals surface area contributed by atoms with Crippen LogP contribution in [0.15, 0.2) is 64.7 Å². The summed E-state index contributed by atoms with van der Waals surface area (Å²) in [7, 11) is 1.45. The van der Waals surface area contributed by atoms with Crippen LogP contribution in [0.1, 0.15) is 99.0 Å². The number of fused-ring (bicyclic) bond motifs is 1. The van der Waals surface area contributed by atoms with Gasteiger partial charge in [0, 0.05) is 142 Å². The van der Waals surface area contributed by atoms with Gasteiger partial charge in [-0.1, -0.05) is 36.2 Å². The number of benzene rings is 2. The number of halogens is 2. The second-order valence-corrected chi connectivity index (χ2v) is 24.6. The molecule has 3 fully saturated rings. The fourth-order valence-electron chi connectivity index (χ4n) is 11.7. The number of unbranched alkanes of at least 4 members (excludes halogenated alkanes) is 3. The molecule has 0 aliphatic carbocycles. The molecule has 1 unspecified atom stereocenters. The maximum Gasteiger partial charge on any atom is 0.317 e. The number of alkyl halides is 2. The Hall–Kier alpha value is -8.12. The molecule has 3 aliphatic heterocycles. The number of nitrogens with zero attached hydrogens (tertiary/aromatic N) is 10. The monoisotopic (exact) mass is 1330 g/mol. The lowest BCUT2D eigenvalue weighted by molar-refractivity contribution is -0.140. The molecule has 2 atom stereocenters. The van der Waals surface area contributed by atoms with Crippen LogP contribution in [-0.2, 0) is 44.8 Å². The van der Waals surface area contributed by atoms with Crippen molar-refractivity contribution in [3.8, 4) is 5.75 Å². The summed E-state index contributed by atoms with van der Waals surface area (Å²) >= 11 is 0. The number of aryl methyl sites for hydroxylation is 2. The number of nitrogens with one attached hydrogen (secondary N) is 4. The summed E-state index contributed by atoms with van der Waals surface area (Å²) in [4.78, 5) is 140. The van der Waals surface area contributed by atoms with Crippen molar-refractivity contribution in [2.75, 3.05) is 151 Å². The second-order valence-electron chi connectivity index (χ2n) is 24.6. The van der Waals surface area contributed by atoms with Crippen molar-refractivity contribution in [1.29, 1.82) is 0 Å². The number of pyridine rings is 1. The number of rotatable bonds is 34. The van der Waals surface area contributed by atoms with Crippen molar-refractivity contribution in [3.05, 3.63) is 71.4 Å². The van der Waals surface area contributed by atoms with Gasteiger partial charge in [-0.15, -0.1) is 0 Å². The number of aliphatic carboxylic acids is 3. The number of carbonyl (C=O) groups excluding carboxylic acids is 6. The molecule has 4 heterocycles. The average Bonchev–Trinajstić information content (AvgIpc) is 1.79. The van der Waals surface area contributed by atoms with Crippen LogP contribution in [0.2, 0.25) is 0 Å². The molecule has 0 spiro atoms. The van der Waals surface area contributed by atoms with Crippen LogP contribution in [0.25, 0.3) is 10.9 Å². The predicted octanol–water partition coefficient (Wildman–Crippen LogP) is 2.49. The van der Waals surface area contributed by atoms with E-state index in [1.165, 1.54) is 31.1 Å². The molecule has 2 aromatic carbocycles. The van der Waals surface area contributed by atoms with E-state index in [2.05, 4.69) is 53.3 Å².